The molecule has 5 aromatic carbocycles. The summed E-state index contributed by atoms with van der Waals surface area (Å²) < 4.78 is 0. The second kappa shape index (κ2) is 10.9. The molecule has 190 valence electrons. The topological polar surface area (TPSA) is 38.0 Å². The quantitative estimate of drug-likeness (QED) is 0.226. The highest BCUT2D eigenvalue weighted by Crippen LogP contribution is 2.37. The Bertz CT molecular complexity index is 1660. The Balaban J connectivity index is 1.40. The van der Waals surface area contributed by atoms with Crippen molar-refractivity contribution < 1.29 is 0 Å². The number of benzene rings is 5. The lowest BCUT2D eigenvalue weighted by Crippen LogP contribution is -2.00. The van der Waals surface area contributed by atoms with Gasteiger partial charge >= 0.3 is 0 Å². The largest absolute Gasteiger partial charge is 0.398 e. The molecule has 0 amide bonds. The van der Waals surface area contributed by atoms with Crippen molar-refractivity contribution in [2.75, 3.05) is 11.1 Å². The number of nitrogens with one attached hydrogen (secondary N) is 1. The fraction of sp³-hybridized carbons (Fsp3) is 0.0811. The lowest BCUT2D eigenvalue weighted by Gasteiger charge is -2.19. The average molecular weight is 505 g/mol. The Kier molecular flexibility index (Phi) is 6.84. The predicted octanol–water partition coefficient (Wildman–Crippen LogP) is 9.99. The first-order valence-electron chi connectivity index (χ1n) is 13.5. The van der Waals surface area contributed by atoms with E-state index in [1.165, 1.54) is 27.8 Å². The van der Waals surface area contributed by atoms with Gasteiger partial charge in [0.1, 0.15) is 0 Å². The third-order valence-corrected chi connectivity index (χ3v) is 7.32. The minimum Gasteiger partial charge on any atom is -0.398 e. The fourth-order valence-electron chi connectivity index (χ4n) is 5.25. The highest BCUT2D eigenvalue weighted by atomic mass is 14.9. The van der Waals surface area contributed by atoms with Crippen LogP contribution in [0.4, 0.5) is 17.1 Å². The Labute approximate surface area is 231 Å². The highest BCUT2D eigenvalue weighted by molar-refractivity contribution is 5.88. The summed E-state index contributed by atoms with van der Waals surface area (Å²) >= 11 is 0. The van der Waals surface area contributed by atoms with E-state index >= 15 is 0 Å². The number of para-hydroxylation sites is 1. The third kappa shape index (κ3) is 5.42. The van der Waals surface area contributed by atoms with Gasteiger partial charge in [-0.15, -0.1) is 0 Å². The standard InChI is InChI=1S/C37H32N2/c1-26-10-8-15-32(22-26)35-25-31(19-21-37(35)39-33-16-6-3-7-17-33)29-14-9-13-28(23-29)30-18-20-36(38)34(24-30)27-11-4-2-5-12-27/h2-9,11-26,39H,10,38H2,1H3. The summed E-state index contributed by atoms with van der Waals surface area (Å²) in [5.74, 6) is 0.519. The highest BCUT2D eigenvalue weighted by Gasteiger charge is 2.13. The molecule has 2 nitrogen and oxygen atoms in total. The molecule has 0 radical (unpaired) electrons. The van der Waals surface area contributed by atoms with Crippen LogP contribution in [0.2, 0.25) is 0 Å². The van der Waals surface area contributed by atoms with E-state index in [0.717, 1.165) is 40.2 Å². The van der Waals surface area contributed by atoms with E-state index in [-0.39, 0.29) is 0 Å². The van der Waals surface area contributed by atoms with Crippen LogP contribution in [-0.2, 0) is 0 Å². The van der Waals surface area contributed by atoms with Crippen molar-refractivity contribution in [2.24, 2.45) is 5.92 Å². The van der Waals surface area contributed by atoms with Gasteiger partial charge in [0, 0.05) is 28.2 Å². The van der Waals surface area contributed by atoms with Gasteiger partial charge in [-0.25, -0.2) is 0 Å². The minimum atomic E-state index is 0.519. The molecule has 1 unspecified atom stereocenters. The molecule has 1 aliphatic carbocycles. The zero-order valence-electron chi connectivity index (χ0n) is 22.1. The van der Waals surface area contributed by atoms with Crippen LogP contribution in [0.25, 0.3) is 39.0 Å². The predicted molar refractivity (Wildman–Crippen MR) is 168 cm³/mol. The van der Waals surface area contributed by atoms with Gasteiger partial charge in [-0.1, -0.05) is 104 Å². The first-order chi connectivity index (χ1) is 19.1. The van der Waals surface area contributed by atoms with Crippen molar-refractivity contribution in [2.45, 2.75) is 13.3 Å². The van der Waals surface area contributed by atoms with Crippen LogP contribution in [0.15, 0.2) is 140 Å². The summed E-state index contributed by atoms with van der Waals surface area (Å²) in [7, 11) is 0. The minimum absolute atomic E-state index is 0.519. The van der Waals surface area contributed by atoms with Crippen molar-refractivity contribution >= 4 is 22.6 Å². The Hall–Kier alpha value is -4.82. The van der Waals surface area contributed by atoms with E-state index < -0.39 is 0 Å². The van der Waals surface area contributed by atoms with Gasteiger partial charge in [0.05, 0.1) is 0 Å². The van der Waals surface area contributed by atoms with Crippen LogP contribution < -0.4 is 11.1 Å². The van der Waals surface area contributed by atoms with Gasteiger partial charge in [0.2, 0.25) is 0 Å². The molecule has 39 heavy (non-hydrogen) atoms. The normalized spacial score (nSPS) is 14.6. The fourth-order valence-corrected chi connectivity index (χ4v) is 5.25. The molecule has 0 spiro atoms. The lowest BCUT2D eigenvalue weighted by molar-refractivity contribution is 0.740. The lowest BCUT2D eigenvalue weighted by atomic mass is 9.90. The molecule has 0 saturated heterocycles. The molecular formula is C37H32N2. The second-order valence-corrected chi connectivity index (χ2v) is 10.2. The summed E-state index contributed by atoms with van der Waals surface area (Å²) in [6.07, 6.45) is 8.00. The van der Waals surface area contributed by atoms with E-state index in [4.69, 9.17) is 5.73 Å². The van der Waals surface area contributed by atoms with Gasteiger partial charge < -0.3 is 11.1 Å². The average Bonchev–Trinajstić information content (AvgIpc) is 2.99. The zero-order chi connectivity index (χ0) is 26.6. The molecule has 0 heterocycles. The summed E-state index contributed by atoms with van der Waals surface area (Å²) in [4.78, 5) is 0. The maximum Gasteiger partial charge on any atom is 0.0464 e. The van der Waals surface area contributed by atoms with E-state index in [9.17, 15) is 0 Å². The molecule has 1 atom stereocenters. The van der Waals surface area contributed by atoms with Crippen LogP contribution in [0.3, 0.4) is 0 Å². The molecular weight excluding hydrogens is 472 g/mol. The van der Waals surface area contributed by atoms with Gasteiger partial charge in [0.25, 0.3) is 0 Å². The maximum absolute atomic E-state index is 6.37. The second-order valence-electron chi connectivity index (χ2n) is 10.2. The smallest absolute Gasteiger partial charge is 0.0464 e. The van der Waals surface area contributed by atoms with E-state index in [1.807, 2.05) is 30.3 Å². The van der Waals surface area contributed by atoms with Gasteiger partial charge in [0.15, 0.2) is 0 Å². The van der Waals surface area contributed by atoms with Crippen molar-refractivity contribution in [1.29, 1.82) is 0 Å². The SMILES string of the molecule is CC1C=C(c2cc(-c3cccc(-c4ccc(N)c(-c5ccccc5)c4)c3)ccc2Nc2ccccc2)C=CC1. The summed E-state index contributed by atoms with van der Waals surface area (Å²) in [5.41, 5.74) is 18.7. The monoisotopic (exact) mass is 504 g/mol. The summed E-state index contributed by atoms with van der Waals surface area (Å²) in [6, 6.07) is 42.5. The Morgan fingerprint density at radius 3 is 1.95 bits per heavy atom. The van der Waals surface area contributed by atoms with Crippen LogP contribution in [0.5, 0.6) is 0 Å². The Morgan fingerprint density at radius 1 is 0.615 bits per heavy atom. The first-order valence-corrected chi connectivity index (χ1v) is 13.5. The molecule has 0 aromatic heterocycles. The first kappa shape index (κ1) is 24.5. The van der Waals surface area contributed by atoms with Crippen molar-refractivity contribution in [3.8, 4) is 33.4 Å². The van der Waals surface area contributed by atoms with Gasteiger partial charge in [-0.3, -0.25) is 0 Å². The van der Waals surface area contributed by atoms with E-state index in [1.54, 1.807) is 0 Å². The van der Waals surface area contributed by atoms with Crippen molar-refractivity contribution in [1.82, 2.24) is 0 Å². The molecule has 0 fully saturated rings. The van der Waals surface area contributed by atoms with Gasteiger partial charge in [-0.2, -0.15) is 0 Å². The molecule has 1 aliphatic rings. The molecule has 6 rings (SSSR count). The number of hydrogen-bond acceptors (Lipinski definition) is 2. The summed E-state index contributed by atoms with van der Waals surface area (Å²) in [5, 5.41) is 3.64. The van der Waals surface area contributed by atoms with Crippen molar-refractivity contribution in [3.05, 3.63) is 145 Å². The summed E-state index contributed by atoms with van der Waals surface area (Å²) in [6.45, 7) is 2.28. The molecule has 2 heteroatoms. The molecule has 5 aromatic rings. The number of nitrogens with two attached hydrogens (primary N) is 1. The Morgan fingerprint density at radius 2 is 1.23 bits per heavy atom. The molecule has 0 aliphatic heterocycles. The van der Waals surface area contributed by atoms with Crippen LogP contribution in [0, 0.1) is 5.92 Å². The molecule has 3 N–H and O–H groups in total. The molecule has 0 bridgehead atoms. The van der Waals surface area contributed by atoms with Crippen LogP contribution in [-0.4, -0.2) is 0 Å². The van der Waals surface area contributed by atoms with Crippen molar-refractivity contribution in [3.63, 3.8) is 0 Å². The zero-order valence-corrected chi connectivity index (χ0v) is 22.1. The van der Waals surface area contributed by atoms with Crippen LogP contribution >= 0.6 is 0 Å². The number of hydrogen-bond donors (Lipinski definition) is 2. The number of allylic oxidation sites excluding steroid dienone is 4. The molecule has 0 saturated carbocycles. The van der Waals surface area contributed by atoms with E-state index in [0.29, 0.717) is 5.92 Å². The van der Waals surface area contributed by atoms with E-state index in [2.05, 4.69) is 121 Å². The number of anilines is 3. The van der Waals surface area contributed by atoms with Gasteiger partial charge in [-0.05, 0) is 88.2 Å². The maximum atomic E-state index is 6.37. The van der Waals surface area contributed by atoms with Crippen LogP contribution in [0.1, 0.15) is 18.9 Å². The number of nitrogen functional groups attached to an aromatic ring is 1. The number of rotatable bonds is 6. The third-order valence-electron chi connectivity index (χ3n) is 7.32.